The average Bonchev–Trinajstić information content (AvgIpc) is 2.28. The molecule has 0 bridgehead atoms. The molecule has 0 saturated carbocycles. The van der Waals surface area contributed by atoms with E-state index in [1.807, 2.05) is 0 Å². The second-order valence-corrected chi connectivity index (χ2v) is 5.44. The lowest BCUT2D eigenvalue weighted by Gasteiger charge is -2.21. The van der Waals surface area contributed by atoms with E-state index in [1.54, 1.807) is 7.11 Å². The number of benzene rings is 1. The Bertz CT molecular complexity index is 318. The number of hydrogen-bond donors (Lipinski definition) is 1. The summed E-state index contributed by atoms with van der Waals surface area (Å²) in [5.41, 5.74) is 2.88. The molecule has 1 atom stereocenters. The van der Waals surface area contributed by atoms with E-state index in [0.717, 1.165) is 6.54 Å². The van der Waals surface area contributed by atoms with Crippen LogP contribution >= 0.6 is 0 Å². The molecule has 1 unspecified atom stereocenters. The van der Waals surface area contributed by atoms with Gasteiger partial charge in [0.05, 0.1) is 12.6 Å². The molecular formula is C15H25NO. The SMILES string of the molecule is CCNC(COC)c1ccc(C(C)(C)C)cc1. The van der Waals surface area contributed by atoms with Gasteiger partial charge in [-0.25, -0.2) is 0 Å². The molecule has 17 heavy (non-hydrogen) atoms. The molecule has 0 amide bonds. The summed E-state index contributed by atoms with van der Waals surface area (Å²) in [6, 6.07) is 9.13. The quantitative estimate of drug-likeness (QED) is 0.845. The Morgan fingerprint density at radius 1 is 1.18 bits per heavy atom. The fourth-order valence-corrected chi connectivity index (χ4v) is 1.90. The van der Waals surface area contributed by atoms with Gasteiger partial charge in [-0.05, 0) is 23.1 Å². The van der Waals surface area contributed by atoms with Crippen LogP contribution in [-0.4, -0.2) is 20.3 Å². The van der Waals surface area contributed by atoms with E-state index < -0.39 is 0 Å². The summed E-state index contributed by atoms with van der Waals surface area (Å²) < 4.78 is 5.25. The number of nitrogens with one attached hydrogen (secondary N) is 1. The first-order valence-electron chi connectivity index (χ1n) is 6.31. The van der Waals surface area contributed by atoms with Gasteiger partial charge >= 0.3 is 0 Å². The van der Waals surface area contributed by atoms with Crippen LogP contribution in [0.4, 0.5) is 0 Å². The molecule has 0 radical (unpaired) electrons. The molecule has 0 aliphatic heterocycles. The highest BCUT2D eigenvalue weighted by Gasteiger charge is 2.15. The van der Waals surface area contributed by atoms with Crippen molar-refractivity contribution >= 4 is 0 Å². The lowest BCUT2D eigenvalue weighted by Crippen LogP contribution is -2.25. The van der Waals surface area contributed by atoms with E-state index in [9.17, 15) is 0 Å². The molecule has 2 nitrogen and oxygen atoms in total. The Kier molecular flexibility index (Phi) is 5.16. The lowest BCUT2D eigenvalue weighted by atomic mass is 9.86. The first-order valence-corrected chi connectivity index (χ1v) is 6.31. The van der Waals surface area contributed by atoms with E-state index in [4.69, 9.17) is 4.74 Å². The Morgan fingerprint density at radius 3 is 2.18 bits per heavy atom. The fourth-order valence-electron chi connectivity index (χ4n) is 1.90. The molecule has 96 valence electrons. The van der Waals surface area contributed by atoms with Crippen molar-refractivity contribution in [1.82, 2.24) is 5.32 Å². The molecule has 0 heterocycles. The van der Waals surface area contributed by atoms with Crippen LogP contribution in [0.25, 0.3) is 0 Å². The largest absolute Gasteiger partial charge is 0.383 e. The van der Waals surface area contributed by atoms with Gasteiger partial charge in [-0.1, -0.05) is 52.0 Å². The van der Waals surface area contributed by atoms with Crippen molar-refractivity contribution in [1.29, 1.82) is 0 Å². The molecule has 1 N–H and O–H groups in total. The van der Waals surface area contributed by atoms with Gasteiger partial charge in [-0.2, -0.15) is 0 Å². The van der Waals surface area contributed by atoms with Crippen molar-refractivity contribution in [3.05, 3.63) is 35.4 Å². The summed E-state index contributed by atoms with van der Waals surface area (Å²) in [4.78, 5) is 0. The summed E-state index contributed by atoms with van der Waals surface area (Å²) in [6.07, 6.45) is 0. The zero-order valence-corrected chi connectivity index (χ0v) is 11.7. The summed E-state index contributed by atoms with van der Waals surface area (Å²) in [5.74, 6) is 0. The van der Waals surface area contributed by atoms with E-state index in [-0.39, 0.29) is 5.41 Å². The molecule has 0 saturated heterocycles. The Labute approximate surface area is 105 Å². The van der Waals surface area contributed by atoms with Crippen LogP contribution in [0.1, 0.15) is 44.9 Å². The number of likely N-dealkylation sites (N-methyl/N-ethyl adjacent to an activating group) is 1. The average molecular weight is 235 g/mol. The van der Waals surface area contributed by atoms with Gasteiger partial charge in [-0.3, -0.25) is 0 Å². The lowest BCUT2D eigenvalue weighted by molar-refractivity contribution is 0.168. The van der Waals surface area contributed by atoms with Crippen molar-refractivity contribution in [3.8, 4) is 0 Å². The normalized spacial score (nSPS) is 13.7. The number of methoxy groups -OCH3 is 1. The molecule has 1 rings (SSSR count). The number of hydrogen-bond acceptors (Lipinski definition) is 2. The number of rotatable bonds is 5. The van der Waals surface area contributed by atoms with Crippen LogP contribution in [0.3, 0.4) is 0 Å². The van der Waals surface area contributed by atoms with Gasteiger partial charge in [-0.15, -0.1) is 0 Å². The summed E-state index contributed by atoms with van der Waals surface area (Å²) in [7, 11) is 1.74. The zero-order chi connectivity index (χ0) is 12.9. The second-order valence-electron chi connectivity index (χ2n) is 5.44. The van der Waals surface area contributed by atoms with E-state index in [2.05, 4.69) is 57.3 Å². The van der Waals surface area contributed by atoms with Crippen molar-refractivity contribution in [2.75, 3.05) is 20.3 Å². The molecule has 1 aromatic rings. The topological polar surface area (TPSA) is 21.3 Å². The van der Waals surface area contributed by atoms with Gasteiger partial charge in [0, 0.05) is 7.11 Å². The van der Waals surface area contributed by atoms with Crippen LogP contribution in [0.2, 0.25) is 0 Å². The Balaban J connectivity index is 2.84. The molecule has 0 spiro atoms. The van der Waals surface area contributed by atoms with E-state index in [0.29, 0.717) is 12.6 Å². The summed E-state index contributed by atoms with van der Waals surface area (Å²) >= 11 is 0. The van der Waals surface area contributed by atoms with Crippen LogP contribution in [-0.2, 0) is 10.2 Å². The van der Waals surface area contributed by atoms with E-state index >= 15 is 0 Å². The predicted octanol–water partition coefficient (Wildman–Crippen LogP) is 3.28. The monoisotopic (exact) mass is 235 g/mol. The van der Waals surface area contributed by atoms with Crippen LogP contribution < -0.4 is 5.32 Å². The molecular weight excluding hydrogens is 210 g/mol. The minimum absolute atomic E-state index is 0.216. The highest BCUT2D eigenvalue weighted by molar-refractivity contribution is 5.29. The van der Waals surface area contributed by atoms with Gasteiger partial charge in [0.15, 0.2) is 0 Å². The third-order valence-electron chi connectivity index (χ3n) is 2.96. The number of ether oxygens (including phenoxy) is 1. The predicted molar refractivity (Wildman–Crippen MR) is 73.4 cm³/mol. The first-order chi connectivity index (χ1) is 7.99. The highest BCUT2D eigenvalue weighted by Crippen LogP contribution is 2.24. The summed E-state index contributed by atoms with van der Waals surface area (Å²) in [5, 5.41) is 3.43. The maximum atomic E-state index is 5.25. The maximum Gasteiger partial charge on any atom is 0.0657 e. The van der Waals surface area contributed by atoms with Gasteiger partial charge in [0.25, 0.3) is 0 Å². The smallest absolute Gasteiger partial charge is 0.0657 e. The minimum Gasteiger partial charge on any atom is -0.383 e. The maximum absolute atomic E-state index is 5.25. The third-order valence-corrected chi connectivity index (χ3v) is 2.96. The third kappa shape index (κ3) is 4.14. The zero-order valence-electron chi connectivity index (χ0n) is 11.7. The van der Waals surface area contributed by atoms with Gasteiger partial charge in [0.1, 0.15) is 0 Å². The van der Waals surface area contributed by atoms with Crippen molar-refractivity contribution in [3.63, 3.8) is 0 Å². The van der Waals surface area contributed by atoms with Crippen LogP contribution in [0.5, 0.6) is 0 Å². The van der Waals surface area contributed by atoms with Gasteiger partial charge in [0.2, 0.25) is 0 Å². The second kappa shape index (κ2) is 6.18. The van der Waals surface area contributed by atoms with E-state index in [1.165, 1.54) is 11.1 Å². The molecule has 0 fully saturated rings. The van der Waals surface area contributed by atoms with Crippen molar-refractivity contribution < 1.29 is 4.74 Å². The highest BCUT2D eigenvalue weighted by atomic mass is 16.5. The Hall–Kier alpha value is -0.860. The molecule has 1 aromatic carbocycles. The molecule has 0 aliphatic rings. The van der Waals surface area contributed by atoms with Crippen LogP contribution in [0.15, 0.2) is 24.3 Å². The molecule has 2 heteroatoms. The summed E-state index contributed by atoms with van der Waals surface area (Å²) in [6.45, 7) is 10.5. The van der Waals surface area contributed by atoms with Crippen LogP contribution in [0, 0.1) is 0 Å². The standard InChI is InChI=1S/C15H25NO/c1-6-16-14(11-17-5)12-7-9-13(10-8-12)15(2,3)4/h7-10,14,16H,6,11H2,1-5H3. The first kappa shape index (κ1) is 14.2. The molecule has 0 aliphatic carbocycles. The fraction of sp³-hybridized carbons (Fsp3) is 0.600. The van der Waals surface area contributed by atoms with Crippen molar-refractivity contribution in [2.45, 2.75) is 39.2 Å². The van der Waals surface area contributed by atoms with Gasteiger partial charge < -0.3 is 10.1 Å². The van der Waals surface area contributed by atoms with Crippen molar-refractivity contribution in [2.24, 2.45) is 0 Å². The Morgan fingerprint density at radius 2 is 1.76 bits per heavy atom. The minimum atomic E-state index is 0.216. The molecule has 0 aromatic heterocycles.